The molecule has 10 nitrogen and oxygen atoms in total. The second kappa shape index (κ2) is 19.2. The monoisotopic (exact) mass is 742 g/mol. The van der Waals surface area contributed by atoms with Gasteiger partial charge in [0, 0.05) is 55.0 Å². The number of anilines is 2. The zero-order valence-electron chi connectivity index (χ0n) is 29.9. The van der Waals surface area contributed by atoms with E-state index in [4.69, 9.17) is 31.6 Å². The van der Waals surface area contributed by atoms with E-state index in [-0.39, 0.29) is 17.5 Å². The lowest BCUT2D eigenvalue weighted by Gasteiger charge is -2.30. The van der Waals surface area contributed by atoms with Gasteiger partial charge in [-0.1, -0.05) is 121 Å². The molecule has 2 fully saturated rings. The topological polar surface area (TPSA) is 139 Å². The van der Waals surface area contributed by atoms with Crippen LogP contribution in [0.5, 0.6) is 0 Å². The van der Waals surface area contributed by atoms with E-state index in [2.05, 4.69) is 38.0 Å². The summed E-state index contributed by atoms with van der Waals surface area (Å²) in [6.07, 6.45) is 2.71. The van der Waals surface area contributed by atoms with E-state index in [1.807, 2.05) is 91.0 Å². The number of rotatable bonds is 6. The maximum absolute atomic E-state index is 9.78. The number of piperidine rings is 2. The van der Waals surface area contributed by atoms with Crippen LogP contribution in [0.4, 0.5) is 11.6 Å². The van der Waals surface area contributed by atoms with E-state index in [1.165, 1.54) is 0 Å². The number of halogens is 1. The van der Waals surface area contributed by atoms with Gasteiger partial charge in [-0.3, -0.25) is 0 Å². The molecule has 12 heteroatoms. The minimum absolute atomic E-state index is 0.194. The van der Waals surface area contributed by atoms with Gasteiger partial charge in [-0.15, -0.1) is 0 Å². The molecular formula is C42H44BClN6O4. The molecule has 0 atom stereocenters. The second-order valence-electron chi connectivity index (χ2n) is 13.1. The number of aliphatic hydroxyl groups is 2. The molecule has 0 spiro atoms. The van der Waals surface area contributed by atoms with Crippen molar-refractivity contribution in [2.75, 3.05) is 36.0 Å². The van der Waals surface area contributed by atoms with E-state index in [0.717, 1.165) is 97.4 Å². The molecule has 2 aromatic heterocycles. The fourth-order valence-electron chi connectivity index (χ4n) is 6.21. The summed E-state index contributed by atoms with van der Waals surface area (Å²) in [6.45, 7) is 3.23. The minimum atomic E-state index is -1.34. The maximum Gasteiger partial charge on any atom is 0.488 e. The summed E-state index contributed by atoms with van der Waals surface area (Å²) in [4.78, 5) is 22.6. The summed E-state index contributed by atoms with van der Waals surface area (Å²) >= 11 is 6.05. The molecule has 0 amide bonds. The highest BCUT2D eigenvalue weighted by atomic mass is 35.5. The maximum atomic E-state index is 9.78. The van der Waals surface area contributed by atoms with E-state index in [9.17, 15) is 10.2 Å². The van der Waals surface area contributed by atoms with Gasteiger partial charge in [-0.05, 0) is 42.7 Å². The Labute approximate surface area is 321 Å². The first-order valence-corrected chi connectivity index (χ1v) is 18.6. The van der Waals surface area contributed by atoms with Gasteiger partial charge in [0.05, 0.1) is 23.6 Å². The highest BCUT2D eigenvalue weighted by molar-refractivity contribution is 6.58. The molecule has 0 radical (unpaired) electrons. The lowest BCUT2D eigenvalue weighted by Crippen LogP contribution is -2.36. The zero-order valence-corrected chi connectivity index (χ0v) is 30.7. The van der Waals surface area contributed by atoms with Crippen LogP contribution in [0.3, 0.4) is 0 Å². The van der Waals surface area contributed by atoms with Crippen LogP contribution in [-0.2, 0) is 0 Å². The number of aliphatic hydroxyl groups excluding tert-OH is 2. The van der Waals surface area contributed by atoms with E-state index in [0.29, 0.717) is 5.46 Å². The average molecular weight is 743 g/mol. The Morgan fingerprint density at radius 2 is 0.889 bits per heavy atom. The molecule has 0 aliphatic carbocycles. The highest BCUT2D eigenvalue weighted by Crippen LogP contribution is 2.28. The molecule has 2 aliphatic rings. The predicted molar refractivity (Wildman–Crippen MR) is 217 cm³/mol. The fraction of sp³-hybridized carbons (Fsp3) is 0.238. The van der Waals surface area contributed by atoms with E-state index >= 15 is 0 Å². The van der Waals surface area contributed by atoms with Crippen molar-refractivity contribution in [3.8, 4) is 33.9 Å². The van der Waals surface area contributed by atoms with Crippen LogP contribution >= 0.6 is 11.6 Å². The molecule has 6 aromatic rings. The summed E-state index contributed by atoms with van der Waals surface area (Å²) in [5, 5.41) is 36.8. The first kappa shape index (κ1) is 38.6. The van der Waals surface area contributed by atoms with Gasteiger partial charge in [0.25, 0.3) is 0 Å². The standard InChI is InChI=1S/C21H21N3O.C15H16ClN3O.C6H7BO2/c25-18-11-13-24(14-12-18)20-15-19(16-7-3-1-4-8-16)22-21(23-20)17-9-5-2-6-10-17;16-15-17-13(11-4-2-1-3-5-11)10-14(18-15)19-8-6-12(20)7-9-19;8-7(9)6-4-2-1-3-5-6/h1-10,15,18,25H,11-14H2;1-5,10,12,20H,6-9H2;1-5,8-9H. The van der Waals surface area contributed by atoms with Crippen molar-refractivity contribution in [1.82, 2.24) is 19.9 Å². The Balaban J connectivity index is 0.000000153. The molecule has 54 heavy (non-hydrogen) atoms. The normalized spacial score (nSPS) is 14.7. The molecule has 4 heterocycles. The van der Waals surface area contributed by atoms with Gasteiger partial charge in [0.2, 0.25) is 5.28 Å². The van der Waals surface area contributed by atoms with Gasteiger partial charge >= 0.3 is 7.12 Å². The third kappa shape index (κ3) is 10.9. The second-order valence-corrected chi connectivity index (χ2v) is 13.5. The summed E-state index contributed by atoms with van der Waals surface area (Å²) in [5.41, 5.74) is 5.40. The van der Waals surface area contributed by atoms with Gasteiger partial charge in [-0.25, -0.2) is 19.9 Å². The van der Waals surface area contributed by atoms with Crippen LogP contribution in [0.2, 0.25) is 5.28 Å². The lowest BCUT2D eigenvalue weighted by molar-refractivity contribution is 0.145. The molecule has 0 saturated carbocycles. The first-order chi connectivity index (χ1) is 26.3. The number of hydrogen-bond donors (Lipinski definition) is 4. The van der Waals surface area contributed by atoms with Crippen LogP contribution in [0.25, 0.3) is 33.9 Å². The summed E-state index contributed by atoms with van der Waals surface area (Å²) in [5.74, 6) is 2.50. The third-order valence-electron chi connectivity index (χ3n) is 9.24. The number of nitrogens with zero attached hydrogens (tertiary/aromatic N) is 6. The predicted octanol–water partition coefficient (Wildman–Crippen LogP) is 5.90. The molecule has 8 rings (SSSR count). The van der Waals surface area contributed by atoms with Crippen molar-refractivity contribution in [3.05, 3.63) is 139 Å². The van der Waals surface area contributed by atoms with Crippen molar-refractivity contribution < 1.29 is 20.3 Å². The van der Waals surface area contributed by atoms with Crippen LogP contribution in [0.15, 0.2) is 133 Å². The van der Waals surface area contributed by atoms with Gasteiger partial charge in [0.1, 0.15) is 11.6 Å². The first-order valence-electron chi connectivity index (χ1n) is 18.2. The largest absolute Gasteiger partial charge is 0.488 e. The Hall–Kier alpha value is -5.17. The Kier molecular flexibility index (Phi) is 13.7. The van der Waals surface area contributed by atoms with Gasteiger partial charge in [0.15, 0.2) is 5.82 Å². The molecular weight excluding hydrogens is 699 g/mol. The summed E-state index contributed by atoms with van der Waals surface area (Å²) in [7, 11) is -1.34. The highest BCUT2D eigenvalue weighted by Gasteiger charge is 2.21. The smallest absolute Gasteiger partial charge is 0.423 e. The van der Waals surface area contributed by atoms with E-state index < -0.39 is 7.12 Å². The van der Waals surface area contributed by atoms with Crippen molar-refractivity contribution >= 4 is 35.8 Å². The van der Waals surface area contributed by atoms with Gasteiger partial charge in [-0.2, -0.15) is 0 Å². The SMILES string of the molecule is OB(O)c1ccccc1.OC1CCN(c2cc(-c3ccccc3)nc(-c3ccccc3)n2)CC1.OC1CCN(c2cc(-c3ccccc3)nc(Cl)n2)CC1. The Bertz CT molecular complexity index is 1960. The number of aromatic nitrogens is 4. The molecule has 2 aliphatic heterocycles. The summed E-state index contributed by atoms with van der Waals surface area (Å²) in [6, 6.07) is 42.9. The molecule has 276 valence electrons. The average Bonchev–Trinajstić information content (AvgIpc) is 3.23. The minimum Gasteiger partial charge on any atom is -0.423 e. The van der Waals surface area contributed by atoms with Crippen LogP contribution in [0, 0.1) is 0 Å². The number of hydrogen-bond acceptors (Lipinski definition) is 10. The quantitative estimate of drug-likeness (QED) is 0.121. The Morgan fingerprint density at radius 1 is 0.500 bits per heavy atom. The van der Waals surface area contributed by atoms with Crippen molar-refractivity contribution in [3.63, 3.8) is 0 Å². The Morgan fingerprint density at radius 3 is 1.31 bits per heavy atom. The van der Waals surface area contributed by atoms with Gasteiger partial charge < -0.3 is 30.1 Å². The molecule has 4 N–H and O–H groups in total. The lowest BCUT2D eigenvalue weighted by atomic mass is 9.81. The van der Waals surface area contributed by atoms with Crippen LogP contribution < -0.4 is 15.3 Å². The van der Waals surface area contributed by atoms with Crippen LogP contribution in [-0.4, -0.2) is 85.7 Å². The zero-order chi connectivity index (χ0) is 37.7. The number of benzene rings is 4. The summed E-state index contributed by atoms with van der Waals surface area (Å²) < 4.78 is 0. The molecule has 2 saturated heterocycles. The third-order valence-corrected chi connectivity index (χ3v) is 9.41. The molecule has 4 aromatic carbocycles. The molecule has 0 bridgehead atoms. The molecule has 0 unspecified atom stereocenters. The van der Waals surface area contributed by atoms with E-state index in [1.54, 1.807) is 24.3 Å². The van der Waals surface area contributed by atoms with Crippen molar-refractivity contribution in [2.24, 2.45) is 0 Å². The van der Waals surface area contributed by atoms with Crippen LogP contribution in [0.1, 0.15) is 25.7 Å². The van der Waals surface area contributed by atoms with Crippen molar-refractivity contribution in [1.29, 1.82) is 0 Å². The fourth-order valence-corrected chi connectivity index (χ4v) is 6.39. The van der Waals surface area contributed by atoms with Crippen molar-refractivity contribution in [2.45, 2.75) is 37.9 Å².